The zero-order valence-electron chi connectivity index (χ0n) is 12.0. The Labute approximate surface area is 123 Å². The first-order valence-electron chi connectivity index (χ1n) is 6.83. The lowest BCUT2D eigenvalue weighted by Crippen LogP contribution is -2.21. The van der Waals surface area contributed by atoms with Gasteiger partial charge in [-0.3, -0.25) is 14.4 Å². The van der Waals surface area contributed by atoms with Crippen molar-refractivity contribution in [3.63, 3.8) is 0 Å². The summed E-state index contributed by atoms with van der Waals surface area (Å²) < 4.78 is 0. The van der Waals surface area contributed by atoms with Crippen molar-refractivity contribution in [2.45, 2.75) is 32.1 Å². The molecule has 0 aromatic heterocycles. The van der Waals surface area contributed by atoms with Crippen LogP contribution in [0.25, 0.3) is 0 Å². The highest BCUT2D eigenvalue weighted by Gasteiger charge is 2.09. The molecule has 0 fully saturated rings. The largest absolute Gasteiger partial charge is 0.481 e. The van der Waals surface area contributed by atoms with Crippen molar-refractivity contribution in [2.75, 3.05) is 12.4 Å². The standard InChI is InChI=1S/C15H20N2O4/c1-16-14(19)10-11-6-2-3-7-12(11)17-13(18)8-4-5-9-15(20)21/h2-3,6-7H,4-5,8-10H2,1H3,(H,16,19)(H,17,18)(H,20,21). The lowest BCUT2D eigenvalue weighted by molar-refractivity contribution is -0.137. The minimum Gasteiger partial charge on any atom is -0.481 e. The molecule has 2 amide bonds. The molecule has 0 heterocycles. The molecule has 1 aromatic carbocycles. The monoisotopic (exact) mass is 292 g/mol. The number of unbranched alkanes of at least 4 members (excludes halogenated alkanes) is 1. The average molecular weight is 292 g/mol. The summed E-state index contributed by atoms with van der Waals surface area (Å²) in [6.45, 7) is 0. The van der Waals surface area contributed by atoms with Crippen LogP contribution in [0.3, 0.4) is 0 Å². The van der Waals surface area contributed by atoms with Crippen LogP contribution in [0.2, 0.25) is 0 Å². The predicted molar refractivity (Wildman–Crippen MR) is 78.9 cm³/mol. The van der Waals surface area contributed by atoms with E-state index in [4.69, 9.17) is 5.11 Å². The van der Waals surface area contributed by atoms with E-state index in [0.717, 1.165) is 5.56 Å². The Morgan fingerprint density at radius 2 is 1.71 bits per heavy atom. The molecule has 0 bridgehead atoms. The molecule has 0 saturated carbocycles. The van der Waals surface area contributed by atoms with Crippen molar-refractivity contribution < 1.29 is 19.5 Å². The summed E-state index contributed by atoms with van der Waals surface area (Å²) in [5.41, 5.74) is 1.36. The summed E-state index contributed by atoms with van der Waals surface area (Å²) in [5, 5.41) is 13.8. The molecule has 0 unspecified atom stereocenters. The molecule has 0 aliphatic heterocycles. The van der Waals surface area contributed by atoms with Crippen molar-refractivity contribution >= 4 is 23.5 Å². The maximum Gasteiger partial charge on any atom is 0.303 e. The summed E-state index contributed by atoms with van der Waals surface area (Å²) in [6, 6.07) is 7.12. The number of hydrogen-bond donors (Lipinski definition) is 3. The molecule has 0 aliphatic rings. The summed E-state index contributed by atoms with van der Waals surface area (Å²) in [5.74, 6) is -1.16. The second kappa shape index (κ2) is 8.73. The highest BCUT2D eigenvalue weighted by Crippen LogP contribution is 2.16. The topological polar surface area (TPSA) is 95.5 Å². The van der Waals surface area contributed by atoms with Crippen LogP contribution in [0, 0.1) is 0 Å². The van der Waals surface area contributed by atoms with E-state index >= 15 is 0 Å². The second-order valence-electron chi connectivity index (χ2n) is 4.66. The number of hydrogen-bond acceptors (Lipinski definition) is 3. The fourth-order valence-corrected chi connectivity index (χ4v) is 1.83. The van der Waals surface area contributed by atoms with Crippen molar-refractivity contribution in [3.05, 3.63) is 29.8 Å². The minimum atomic E-state index is -0.855. The van der Waals surface area contributed by atoms with E-state index < -0.39 is 5.97 Å². The third kappa shape index (κ3) is 6.56. The minimum absolute atomic E-state index is 0.0700. The van der Waals surface area contributed by atoms with E-state index in [-0.39, 0.29) is 31.1 Å². The van der Waals surface area contributed by atoms with Crippen molar-refractivity contribution in [2.24, 2.45) is 0 Å². The van der Waals surface area contributed by atoms with Crippen LogP contribution >= 0.6 is 0 Å². The van der Waals surface area contributed by atoms with E-state index in [1.54, 1.807) is 31.3 Å². The lowest BCUT2D eigenvalue weighted by atomic mass is 10.1. The Bertz CT molecular complexity index is 514. The maximum absolute atomic E-state index is 11.8. The fourth-order valence-electron chi connectivity index (χ4n) is 1.83. The number of rotatable bonds is 8. The van der Waals surface area contributed by atoms with E-state index in [0.29, 0.717) is 18.5 Å². The number of carbonyl (C=O) groups excluding carboxylic acids is 2. The smallest absolute Gasteiger partial charge is 0.303 e. The van der Waals surface area contributed by atoms with Crippen LogP contribution in [0.1, 0.15) is 31.2 Å². The molecule has 6 nitrogen and oxygen atoms in total. The quantitative estimate of drug-likeness (QED) is 0.634. The number of aliphatic carboxylic acids is 1. The Balaban J connectivity index is 2.51. The number of carbonyl (C=O) groups is 3. The lowest BCUT2D eigenvalue weighted by Gasteiger charge is -2.10. The summed E-state index contributed by atoms with van der Waals surface area (Å²) in [7, 11) is 1.56. The van der Waals surface area contributed by atoms with Crippen LogP contribution in [0.4, 0.5) is 5.69 Å². The molecule has 0 spiro atoms. The van der Waals surface area contributed by atoms with E-state index in [1.165, 1.54) is 0 Å². The van der Waals surface area contributed by atoms with Gasteiger partial charge in [-0.2, -0.15) is 0 Å². The summed E-state index contributed by atoms with van der Waals surface area (Å²) >= 11 is 0. The number of likely N-dealkylation sites (N-methyl/N-ethyl adjacent to an activating group) is 1. The van der Waals surface area contributed by atoms with Crippen LogP contribution in [0.15, 0.2) is 24.3 Å². The SMILES string of the molecule is CNC(=O)Cc1ccccc1NC(=O)CCCCC(=O)O. The van der Waals surface area contributed by atoms with Crippen LogP contribution < -0.4 is 10.6 Å². The number of carboxylic acids is 1. The van der Waals surface area contributed by atoms with Gasteiger partial charge < -0.3 is 15.7 Å². The number of nitrogens with one attached hydrogen (secondary N) is 2. The van der Waals surface area contributed by atoms with Gasteiger partial charge in [-0.15, -0.1) is 0 Å². The van der Waals surface area contributed by atoms with Gasteiger partial charge in [0.05, 0.1) is 6.42 Å². The van der Waals surface area contributed by atoms with Gasteiger partial charge in [-0.25, -0.2) is 0 Å². The third-order valence-corrected chi connectivity index (χ3v) is 2.97. The van der Waals surface area contributed by atoms with E-state index in [2.05, 4.69) is 10.6 Å². The van der Waals surface area contributed by atoms with Crippen LogP contribution in [-0.2, 0) is 20.8 Å². The highest BCUT2D eigenvalue weighted by atomic mass is 16.4. The first kappa shape index (κ1) is 16.7. The molecule has 0 aliphatic carbocycles. The molecule has 0 atom stereocenters. The number of benzene rings is 1. The highest BCUT2D eigenvalue weighted by molar-refractivity contribution is 5.92. The zero-order chi connectivity index (χ0) is 15.7. The number of carboxylic acid groups (broad SMARTS) is 1. The van der Waals surface area contributed by atoms with Crippen molar-refractivity contribution in [1.82, 2.24) is 5.32 Å². The van der Waals surface area contributed by atoms with Gasteiger partial charge in [-0.1, -0.05) is 18.2 Å². The molecule has 1 aromatic rings. The van der Waals surface area contributed by atoms with Gasteiger partial charge in [0.15, 0.2) is 0 Å². The van der Waals surface area contributed by atoms with Gasteiger partial charge in [0.1, 0.15) is 0 Å². The molecule has 0 radical (unpaired) electrons. The Kier molecular flexibility index (Phi) is 6.94. The van der Waals surface area contributed by atoms with Gasteiger partial charge in [0.2, 0.25) is 11.8 Å². The second-order valence-corrected chi connectivity index (χ2v) is 4.66. The van der Waals surface area contributed by atoms with Crippen molar-refractivity contribution in [3.8, 4) is 0 Å². The fraction of sp³-hybridized carbons (Fsp3) is 0.400. The first-order chi connectivity index (χ1) is 10.0. The zero-order valence-corrected chi connectivity index (χ0v) is 12.0. The molecule has 0 saturated heterocycles. The molecule has 3 N–H and O–H groups in total. The van der Waals surface area contributed by atoms with Gasteiger partial charge in [0.25, 0.3) is 0 Å². The molecular formula is C15H20N2O4. The Morgan fingerprint density at radius 1 is 1.05 bits per heavy atom. The maximum atomic E-state index is 11.8. The molecule has 6 heteroatoms. The molecular weight excluding hydrogens is 272 g/mol. The van der Waals surface area contributed by atoms with Gasteiger partial charge >= 0.3 is 5.97 Å². The van der Waals surface area contributed by atoms with Crippen molar-refractivity contribution in [1.29, 1.82) is 0 Å². The Hall–Kier alpha value is -2.37. The van der Waals surface area contributed by atoms with Gasteiger partial charge in [0, 0.05) is 25.6 Å². The summed E-state index contributed by atoms with van der Waals surface area (Å²) in [6.07, 6.45) is 1.53. The van der Waals surface area contributed by atoms with E-state index in [9.17, 15) is 14.4 Å². The normalized spacial score (nSPS) is 9.95. The summed E-state index contributed by atoms with van der Waals surface area (Å²) in [4.78, 5) is 33.6. The first-order valence-corrected chi connectivity index (χ1v) is 6.83. The molecule has 21 heavy (non-hydrogen) atoms. The molecule has 1 rings (SSSR count). The van der Waals surface area contributed by atoms with Crippen LogP contribution in [-0.4, -0.2) is 29.9 Å². The predicted octanol–water partition coefficient (Wildman–Crippen LogP) is 1.56. The van der Waals surface area contributed by atoms with Gasteiger partial charge in [-0.05, 0) is 24.5 Å². The number of amides is 2. The molecule has 114 valence electrons. The third-order valence-electron chi connectivity index (χ3n) is 2.97. The number of anilines is 1. The average Bonchev–Trinajstić information content (AvgIpc) is 2.45. The van der Waals surface area contributed by atoms with E-state index in [1.807, 2.05) is 0 Å². The van der Waals surface area contributed by atoms with Crippen LogP contribution in [0.5, 0.6) is 0 Å². The number of para-hydroxylation sites is 1. The Morgan fingerprint density at radius 3 is 2.38 bits per heavy atom.